The number of carboxylic acid groups (broad SMARTS) is 1. The molecule has 0 unspecified atom stereocenters. The molecule has 0 aliphatic rings. The molecule has 0 saturated heterocycles. The summed E-state index contributed by atoms with van der Waals surface area (Å²) in [5.74, 6) is -0.0210. The van der Waals surface area contributed by atoms with E-state index in [-0.39, 0.29) is 5.56 Å². The first kappa shape index (κ1) is 19.9. The van der Waals surface area contributed by atoms with E-state index in [1.165, 1.54) is 11.3 Å². The minimum Gasteiger partial charge on any atom is -0.478 e. The smallest absolute Gasteiger partial charge is 0.408 e. The Morgan fingerprint density at radius 3 is 2.38 bits per heavy atom. The largest absolute Gasteiger partial charge is 0.478 e. The number of amides is 1. The summed E-state index contributed by atoms with van der Waals surface area (Å²) in [7, 11) is 0. The molecule has 0 radical (unpaired) electrons. The Morgan fingerprint density at radius 1 is 1.23 bits per heavy atom. The lowest BCUT2D eigenvalue weighted by Gasteiger charge is -2.22. The maximum atomic E-state index is 12.0. The summed E-state index contributed by atoms with van der Waals surface area (Å²) >= 11 is 1.36. The Kier molecular flexibility index (Phi) is 5.41. The summed E-state index contributed by atoms with van der Waals surface area (Å²) < 4.78 is 6.95. The van der Waals surface area contributed by atoms with Crippen LogP contribution in [0.25, 0.3) is 5.00 Å². The zero-order valence-corrected chi connectivity index (χ0v) is 16.8. The van der Waals surface area contributed by atoms with Crippen LogP contribution in [-0.2, 0) is 4.74 Å². The highest BCUT2D eigenvalue weighted by atomic mass is 32.1. The lowest BCUT2D eigenvalue weighted by molar-refractivity contribution is 0.0504. The van der Waals surface area contributed by atoms with E-state index in [4.69, 9.17) is 4.74 Å². The topological polar surface area (TPSA) is 106 Å². The van der Waals surface area contributed by atoms with Gasteiger partial charge in [0.05, 0.1) is 11.6 Å². The number of aromatic carboxylic acids is 1. The minimum atomic E-state index is -1.01. The van der Waals surface area contributed by atoms with Crippen LogP contribution >= 0.6 is 11.3 Å². The molecular formula is C17H24N4O4S. The van der Waals surface area contributed by atoms with Crippen molar-refractivity contribution in [2.24, 2.45) is 0 Å². The third-order valence-electron chi connectivity index (χ3n) is 3.75. The van der Waals surface area contributed by atoms with Crippen molar-refractivity contribution >= 4 is 23.4 Å². The van der Waals surface area contributed by atoms with Gasteiger partial charge in [-0.3, -0.25) is 4.57 Å². The first-order chi connectivity index (χ1) is 11.9. The van der Waals surface area contributed by atoms with Gasteiger partial charge in [0.15, 0.2) is 5.82 Å². The van der Waals surface area contributed by atoms with Gasteiger partial charge < -0.3 is 15.2 Å². The third-order valence-corrected chi connectivity index (χ3v) is 4.95. The van der Waals surface area contributed by atoms with Crippen LogP contribution in [0.15, 0.2) is 0 Å². The van der Waals surface area contributed by atoms with E-state index in [9.17, 15) is 14.7 Å². The zero-order valence-electron chi connectivity index (χ0n) is 16.0. The van der Waals surface area contributed by atoms with Crippen LogP contribution in [0.2, 0.25) is 0 Å². The second-order valence-corrected chi connectivity index (χ2v) is 8.28. The molecular weight excluding hydrogens is 356 g/mol. The quantitative estimate of drug-likeness (QED) is 0.840. The number of aromatic nitrogens is 3. The van der Waals surface area contributed by atoms with Crippen LogP contribution in [0.5, 0.6) is 0 Å². The van der Waals surface area contributed by atoms with Gasteiger partial charge in [0.1, 0.15) is 16.4 Å². The Bertz CT molecular complexity index is 848. The maximum Gasteiger partial charge on any atom is 0.408 e. The molecule has 1 amide bonds. The van der Waals surface area contributed by atoms with E-state index in [2.05, 4.69) is 15.5 Å². The number of carboxylic acids is 1. The number of aryl methyl sites for hydroxylation is 2. The monoisotopic (exact) mass is 380 g/mol. The van der Waals surface area contributed by atoms with E-state index in [0.717, 1.165) is 4.88 Å². The standard InChI is InChI=1S/C17H24N4O4S/c1-8-10(3)26-14(12(8)15(22)23)21-11(4)19-20-13(21)9(2)18-16(24)25-17(5,6)7/h9H,1-7H3,(H,18,24)(H,22,23)/t9-/m0/s1. The number of thiophene rings is 1. The van der Waals surface area contributed by atoms with Crippen molar-refractivity contribution in [1.82, 2.24) is 20.1 Å². The Labute approximate surface area is 156 Å². The number of hydrogen-bond donors (Lipinski definition) is 2. The summed E-state index contributed by atoms with van der Waals surface area (Å²) in [5, 5.41) is 21.1. The van der Waals surface area contributed by atoms with Gasteiger partial charge in [0.25, 0.3) is 0 Å². The van der Waals surface area contributed by atoms with Gasteiger partial charge in [-0.15, -0.1) is 21.5 Å². The van der Waals surface area contributed by atoms with Crippen LogP contribution in [0.3, 0.4) is 0 Å². The Hall–Kier alpha value is -2.42. The number of carbonyl (C=O) groups is 2. The fourth-order valence-corrected chi connectivity index (χ4v) is 3.68. The highest BCUT2D eigenvalue weighted by Crippen LogP contribution is 2.33. The van der Waals surface area contributed by atoms with Gasteiger partial charge in [0.2, 0.25) is 0 Å². The molecule has 9 heteroatoms. The number of nitrogens with zero attached hydrogens (tertiary/aromatic N) is 3. The van der Waals surface area contributed by atoms with E-state index in [1.807, 2.05) is 6.92 Å². The van der Waals surface area contributed by atoms with E-state index >= 15 is 0 Å². The Morgan fingerprint density at radius 2 is 1.85 bits per heavy atom. The second kappa shape index (κ2) is 7.06. The number of alkyl carbamates (subject to hydrolysis) is 1. The van der Waals surface area contributed by atoms with Crippen LogP contribution in [-0.4, -0.2) is 37.5 Å². The summed E-state index contributed by atoms with van der Waals surface area (Å²) in [4.78, 5) is 24.7. The molecule has 26 heavy (non-hydrogen) atoms. The van der Waals surface area contributed by atoms with Gasteiger partial charge in [-0.1, -0.05) is 0 Å². The lowest BCUT2D eigenvalue weighted by atomic mass is 10.1. The van der Waals surface area contributed by atoms with E-state index in [1.54, 1.807) is 46.1 Å². The van der Waals surface area contributed by atoms with Crippen molar-refractivity contribution < 1.29 is 19.4 Å². The molecule has 8 nitrogen and oxygen atoms in total. The summed E-state index contributed by atoms with van der Waals surface area (Å²) in [6.07, 6.45) is -0.575. The van der Waals surface area contributed by atoms with Crippen LogP contribution < -0.4 is 5.32 Å². The SMILES string of the molecule is Cc1sc(-n2c(C)nnc2[C@H](C)NC(=O)OC(C)(C)C)c(C(=O)O)c1C. The molecule has 0 aliphatic carbocycles. The fourth-order valence-electron chi connectivity index (χ4n) is 2.48. The van der Waals surface area contributed by atoms with Crippen molar-refractivity contribution in [3.05, 3.63) is 27.7 Å². The molecule has 2 heterocycles. The van der Waals surface area contributed by atoms with Crippen molar-refractivity contribution in [1.29, 1.82) is 0 Å². The molecule has 0 aromatic carbocycles. The zero-order chi connectivity index (χ0) is 19.8. The summed E-state index contributed by atoms with van der Waals surface area (Å²) in [5.41, 5.74) is 0.316. The molecule has 2 aromatic rings. The molecule has 0 saturated carbocycles. The first-order valence-corrected chi connectivity index (χ1v) is 8.99. The average molecular weight is 380 g/mol. The predicted molar refractivity (Wildman–Crippen MR) is 98.2 cm³/mol. The maximum absolute atomic E-state index is 12.0. The highest BCUT2D eigenvalue weighted by Gasteiger charge is 2.27. The van der Waals surface area contributed by atoms with Crippen LogP contribution in [0.4, 0.5) is 4.79 Å². The predicted octanol–water partition coefficient (Wildman–Crippen LogP) is 3.54. The van der Waals surface area contributed by atoms with Crippen molar-refractivity contribution in [3.8, 4) is 5.00 Å². The highest BCUT2D eigenvalue weighted by molar-refractivity contribution is 7.15. The molecule has 2 N–H and O–H groups in total. The van der Waals surface area contributed by atoms with Gasteiger partial charge in [0, 0.05) is 4.88 Å². The van der Waals surface area contributed by atoms with E-state index in [0.29, 0.717) is 22.2 Å². The molecule has 142 valence electrons. The van der Waals surface area contributed by atoms with Gasteiger partial charge in [-0.25, -0.2) is 9.59 Å². The number of carbonyl (C=O) groups excluding carboxylic acids is 1. The normalized spacial score (nSPS) is 12.7. The number of ether oxygens (including phenoxy) is 1. The summed E-state index contributed by atoms with van der Waals surface area (Å²) in [6, 6.07) is -0.518. The average Bonchev–Trinajstić information content (AvgIpc) is 2.97. The number of rotatable bonds is 4. The lowest BCUT2D eigenvalue weighted by Crippen LogP contribution is -2.35. The minimum absolute atomic E-state index is 0.223. The van der Waals surface area contributed by atoms with Crippen molar-refractivity contribution in [2.45, 2.75) is 60.1 Å². The molecule has 2 rings (SSSR count). The molecule has 0 fully saturated rings. The first-order valence-electron chi connectivity index (χ1n) is 8.17. The molecule has 0 aliphatic heterocycles. The van der Waals surface area contributed by atoms with Crippen LogP contribution in [0.1, 0.15) is 66.2 Å². The summed E-state index contributed by atoms with van der Waals surface area (Å²) in [6.45, 7) is 12.5. The van der Waals surface area contributed by atoms with E-state index < -0.39 is 23.7 Å². The number of nitrogens with one attached hydrogen (secondary N) is 1. The molecule has 0 bridgehead atoms. The molecule has 2 aromatic heterocycles. The molecule has 1 atom stereocenters. The second-order valence-electron chi connectivity index (χ2n) is 7.08. The van der Waals surface area contributed by atoms with Crippen molar-refractivity contribution in [3.63, 3.8) is 0 Å². The van der Waals surface area contributed by atoms with Gasteiger partial charge >= 0.3 is 12.1 Å². The van der Waals surface area contributed by atoms with Gasteiger partial charge in [-0.05, 0) is 54.0 Å². The van der Waals surface area contributed by atoms with Crippen molar-refractivity contribution in [2.75, 3.05) is 0 Å². The Balaban J connectivity index is 2.43. The number of hydrogen-bond acceptors (Lipinski definition) is 6. The van der Waals surface area contributed by atoms with Crippen LogP contribution in [0, 0.1) is 20.8 Å². The van der Waals surface area contributed by atoms with Gasteiger partial charge in [-0.2, -0.15) is 0 Å². The molecule has 0 spiro atoms. The third kappa shape index (κ3) is 4.04. The fraction of sp³-hybridized carbons (Fsp3) is 0.529.